The summed E-state index contributed by atoms with van der Waals surface area (Å²) >= 11 is 0.841. The minimum Gasteiger partial charge on any atom is -0.348 e. The molecule has 3 N–H and O–H groups in total. The molecule has 1 unspecified atom stereocenters. The monoisotopic (exact) mass is 329 g/mol. The molecule has 4 nitrogen and oxygen atoms in total. The lowest BCUT2D eigenvalue weighted by atomic mass is 10.1. The average molecular weight is 329 g/mol. The van der Waals surface area contributed by atoms with Crippen LogP contribution in [0.25, 0.3) is 0 Å². The Kier molecular flexibility index (Phi) is 4.82. The largest absolute Gasteiger partial charge is 0.434 e. The van der Waals surface area contributed by atoms with Crippen LogP contribution < -0.4 is 11.1 Å². The van der Waals surface area contributed by atoms with E-state index in [0.717, 1.165) is 22.3 Å². The minimum atomic E-state index is -4.48. The van der Waals surface area contributed by atoms with E-state index in [4.69, 9.17) is 5.73 Å². The van der Waals surface area contributed by atoms with Gasteiger partial charge in [0.05, 0.1) is 6.54 Å². The molecule has 0 saturated heterocycles. The predicted octanol–water partition coefficient (Wildman–Crippen LogP) is 2.79. The van der Waals surface area contributed by atoms with Gasteiger partial charge in [-0.2, -0.15) is 13.2 Å². The zero-order valence-electron chi connectivity index (χ0n) is 11.6. The van der Waals surface area contributed by atoms with Gasteiger partial charge in [0.2, 0.25) is 5.91 Å². The van der Waals surface area contributed by atoms with Crippen LogP contribution in [-0.2, 0) is 17.5 Å². The first kappa shape index (κ1) is 16.4. The number of aromatic nitrogens is 1. The molecular formula is C14H14F3N3OS. The number of nitrogens with one attached hydrogen (secondary N) is 1. The molecule has 2 rings (SSSR count). The number of rotatable bonds is 4. The Bertz CT molecular complexity index is 652. The number of thiazole rings is 1. The number of amides is 1. The molecule has 0 aliphatic rings. The van der Waals surface area contributed by atoms with Gasteiger partial charge < -0.3 is 11.1 Å². The highest BCUT2D eigenvalue weighted by Crippen LogP contribution is 2.29. The Balaban J connectivity index is 1.95. The van der Waals surface area contributed by atoms with Gasteiger partial charge in [0.25, 0.3) is 0 Å². The summed E-state index contributed by atoms with van der Waals surface area (Å²) in [6.45, 7) is 1.83. The van der Waals surface area contributed by atoms with Crippen LogP contribution in [0.2, 0.25) is 0 Å². The molecule has 0 aliphatic heterocycles. The van der Waals surface area contributed by atoms with E-state index in [-0.39, 0.29) is 11.6 Å². The number of alkyl halides is 3. The summed E-state index contributed by atoms with van der Waals surface area (Å²) < 4.78 is 37.3. The fourth-order valence-corrected chi connectivity index (χ4v) is 2.46. The van der Waals surface area contributed by atoms with Crippen LogP contribution in [0, 0.1) is 6.92 Å². The summed E-state index contributed by atoms with van der Waals surface area (Å²) in [6.07, 6.45) is -4.48. The third-order valence-corrected chi connectivity index (χ3v) is 3.82. The Morgan fingerprint density at radius 1 is 1.36 bits per heavy atom. The van der Waals surface area contributed by atoms with Gasteiger partial charge in [-0.05, 0) is 12.5 Å². The van der Waals surface area contributed by atoms with Gasteiger partial charge in [0.1, 0.15) is 11.0 Å². The molecule has 1 amide bonds. The number of aryl methyl sites for hydroxylation is 1. The van der Waals surface area contributed by atoms with Crippen LogP contribution in [0.3, 0.4) is 0 Å². The molecule has 0 radical (unpaired) electrons. The minimum absolute atomic E-state index is 0.0842. The molecule has 0 aliphatic carbocycles. The summed E-state index contributed by atoms with van der Waals surface area (Å²) in [5.74, 6) is -0.465. The molecule has 118 valence electrons. The molecule has 1 aromatic carbocycles. The van der Waals surface area contributed by atoms with Gasteiger partial charge in [-0.15, -0.1) is 11.3 Å². The van der Waals surface area contributed by atoms with Gasteiger partial charge in [-0.3, -0.25) is 4.79 Å². The van der Waals surface area contributed by atoms with Crippen molar-refractivity contribution >= 4 is 17.2 Å². The van der Waals surface area contributed by atoms with Crippen molar-refractivity contribution in [3.8, 4) is 0 Å². The molecule has 0 fully saturated rings. The Hall–Kier alpha value is -1.93. The van der Waals surface area contributed by atoms with E-state index in [1.165, 1.54) is 0 Å². The van der Waals surface area contributed by atoms with E-state index in [1.54, 1.807) is 12.1 Å². The van der Waals surface area contributed by atoms with Crippen molar-refractivity contribution in [2.75, 3.05) is 0 Å². The average Bonchev–Trinajstić information content (AvgIpc) is 2.94. The summed E-state index contributed by atoms with van der Waals surface area (Å²) in [6, 6.07) is 6.27. The number of halogens is 3. The van der Waals surface area contributed by atoms with E-state index in [9.17, 15) is 18.0 Å². The molecular weight excluding hydrogens is 315 g/mol. The van der Waals surface area contributed by atoms with Crippen molar-refractivity contribution in [3.63, 3.8) is 0 Å². The molecule has 1 aromatic heterocycles. The lowest BCUT2D eigenvalue weighted by Crippen LogP contribution is -2.33. The zero-order chi connectivity index (χ0) is 16.3. The number of hydrogen-bond donors (Lipinski definition) is 2. The molecule has 0 bridgehead atoms. The van der Waals surface area contributed by atoms with E-state index >= 15 is 0 Å². The van der Waals surface area contributed by atoms with Crippen molar-refractivity contribution in [2.45, 2.75) is 25.7 Å². The number of hydrogen-bond acceptors (Lipinski definition) is 4. The van der Waals surface area contributed by atoms with Crippen LogP contribution in [0.4, 0.5) is 13.2 Å². The summed E-state index contributed by atoms with van der Waals surface area (Å²) in [7, 11) is 0. The van der Waals surface area contributed by atoms with Gasteiger partial charge >= 0.3 is 6.18 Å². The van der Waals surface area contributed by atoms with Gasteiger partial charge in [-0.1, -0.05) is 29.8 Å². The fourth-order valence-electron chi connectivity index (χ4n) is 1.72. The third kappa shape index (κ3) is 4.05. The highest BCUT2D eigenvalue weighted by Gasteiger charge is 2.33. The summed E-state index contributed by atoms with van der Waals surface area (Å²) in [5, 5.41) is 3.59. The first-order chi connectivity index (χ1) is 10.3. The number of benzene rings is 1. The predicted molar refractivity (Wildman–Crippen MR) is 77.1 cm³/mol. The van der Waals surface area contributed by atoms with Crippen LogP contribution in [0.1, 0.15) is 27.9 Å². The van der Waals surface area contributed by atoms with E-state index in [1.807, 2.05) is 19.1 Å². The number of nitrogens with zero attached hydrogens (tertiary/aromatic N) is 1. The smallest absolute Gasteiger partial charge is 0.348 e. The number of carbonyl (C=O) groups excluding carboxylic acids is 1. The maximum Gasteiger partial charge on any atom is 0.434 e. The highest BCUT2D eigenvalue weighted by atomic mass is 32.1. The molecule has 22 heavy (non-hydrogen) atoms. The maximum absolute atomic E-state index is 12.4. The molecule has 0 saturated carbocycles. The quantitative estimate of drug-likeness (QED) is 0.906. The molecule has 1 heterocycles. The van der Waals surface area contributed by atoms with Gasteiger partial charge in [-0.25, -0.2) is 4.98 Å². The van der Waals surface area contributed by atoms with Crippen molar-refractivity contribution in [1.82, 2.24) is 10.3 Å². The van der Waals surface area contributed by atoms with Crippen LogP contribution >= 0.6 is 11.3 Å². The lowest BCUT2D eigenvalue weighted by molar-refractivity contribution is -0.140. The standard InChI is InChI=1S/C14H14F3N3OS/c1-8-2-4-9(5-3-8)12(18)13(21)19-6-11-20-10(7-22-11)14(15,16)17/h2-5,7,12H,6,18H2,1H3,(H,19,21). The fraction of sp³-hybridized carbons (Fsp3) is 0.286. The van der Waals surface area contributed by atoms with E-state index in [0.29, 0.717) is 5.56 Å². The summed E-state index contributed by atoms with van der Waals surface area (Å²) in [4.78, 5) is 15.4. The Morgan fingerprint density at radius 3 is 2.55 bits per heavy atom. The highest BCUT2D eigenvalue weighted by molar-refractivity contribution is 7.09. The second-order valence-corrected chi connectivity index (χ2v) is 5.67. The number of carbonyl (C=O) groups is 1. The Labute approximate surface area is 129 Å². The third-order valence-electron chi connectivity index (χ3n) is 2.97. The molecule has 0 spiro atoms. The van der Waals surface area contributed by atoms with Crippen LogP contribution in [0.5, 0.6) is 0 Å². The van der Waals surface area contributed by atoms with Crippen LogP contribution in [0.15, 0.2) is 29.6 Å². The van der Waals surface area contributed by atoms with Crippen molar-refractivity contribution < 1.29 is 18.0 Å². The van der Waals surface area contributed by atoms with Crippen molar-refractivity contribution in [2.24, 2.45) is 5.73 Å². The molecule has 2 aromatic rings. The summed E-state index contributed by atoms with van der Waals surface area (Å²) in [5.41, 5.74) is 6.54. The zero-order valence-corrected chi connectivity index (χ0v) is 12.5. The first-order valence-electron chi connectivity index (χ1n) is 6.39. The topological polar surface area (TPSA) is 68.0 Å². The second-order valence-electron chi connectivity index (χ2n) is 4.73. The van der Waals surface area contributed by atoms with Crippen molar-refractivity contribution in [1.29, 1.82) is 0 Å². The normalized spacial score (nSPS) is 13.0. The molecule has 8 heteroatoms. The first-order valence-corrected chi connectivity index (χ1v) is 7.27. The second kappa shape index (κ2) is 6.45. The molecule has 1 atom stereocenters. The van der Waals surface area contributed by atoms with Crippen molar-refractivity contribution in [3.05, 3.63) is 51.5 Å². The number of nitrogens with two attached hydrogens (primary N) is 1. The SMILES string of the molecule is Cc1ccc(C(N)C(=O)NCc2nc(C(F)(F)F)cs2)cc1. The van der Waals surface area contributed by atoms with E-state index in [2.05, 4.69) is 10.3 Å². The lowest BCUT2D eigenvalue weighted by Gasteiger charge is -2.12. The maximum atomic E-state index is 12.4. The van der Waals surface area contributed by atoms with E-state index < -0.39 is 23.8 Å². The van der Waals surface area contributed by atoms with Crippen LogP contribution in [-0.4, -0.2) is 10.9 Å². The Morgan fingerprint density at radius 2 is 2.00 bits per heavy atom. The van der Waals surface area contributed by atoms with Gasteiger partial charge in [0, 0.05) is 5.38 Å². The van der Waals surface area contributed by atoms with Gasteiger partial charge in [0.15, 0.2) is 5.69 Å².